The topological polar surface area (TPSA) is 58.6 Å². The average Bonchev–Trinajstić information content (AvgIpc) is 2.98. The predicted molar refractivity (Wildman–Crippen MR) is 68.6 cm³/mol. The van der Waals surface area contributed by atoms with Crippen LogP contribution in [0.2, 0.25) is 0 Å². The van der Waals surface area contributed by atoms with Crippen LogP contribution in [-0.4, -0.2) is 43.1 Å². The quantitative estimate of drug-likeness (QED) is 0.844. The molecule has 0 saturated carbocycles. The second-order valence-corrected chi connectivity index (χ2v) is 5.06. The fraction of sp³-hybridized carbons (Fsp3) is 0.500. The van der Waals surface area contributed by atoms with Gasteiger partial charge in [-0.15, -0.1) is 11.3 Å². The first-order chi connectivity index (χ1) is 8.75. The highest BCUT2D eigenvalue weighted by Gasteiger charge is 2.21. The molecule has 6 heteroatoms. The Morgan fingerprint density at radius 2 is 2.44 bits per heavy atom. The lowest BCUT2D eigenvalue weighted by molar-refractivity contribution is -0.121. The minimum absolute atomic E-state index is 0.0220. The molecule has 18 heavy (non-hydrogen) atoms. The third-order valence-electron chi connectivity index (χ3n) is 2.73. The Labute approximate surface area is 110 Å². The molecule has 1 N–H and O–H groups in total. The van der Waals surface area contributed by atoms with Gasteiger partial charge >= 0.3 is 6.09 Å². The Bertz CT molecular complexity index is 405. The van der Waals surface area contributed by atoms with Crippen molar-refractivity contribution in [3.63, 3.8) is 0 Å². The van der Waals surface area contributed by atoms with Crippen molar-refractivity contribution in [2.45, 2.75) is 12.8 Å². The Morgan fingerprint density at radius 3 is 3.11 bits per heavy atom. The molecular formula is C12H16N2O3S. The molecule has 2 heterocycles. The highest BCUT2D eigenvalue weighted by molar-refractivity contribution is 7.09. The third kappa shape index (κ3) is 3.73. The maximum absolute atomic E-state index is 11.5. The SMILES string of the molecule is O=C(CCN1CCOC1=O)NCCc1cccs1. The molecule has 2 rings (SSSR count). The van der Waals surface area contributed by atoms with Gasteiger partial charge in [0.1, 0.15) is 6.61 Å². The maximum Gasteiger partial charge on any atom is 0.409 e. The summed E-state index contributed by atoms with van der Waals surface area (Å²) in [4.78, 5) is 25.5. The molecular weight excluding hydrogens is 252 g/mol. The lowest BCUT2D eigenvalue weighted by Gasteiger charge is -2.11. The van der Waals surface area contributed by atoms with Gasteiger partial charge in [-0.25, -0.2) is 4.79 Å². The van der Waals surface area contributed by atoms with Crippen molar-refractivity contribution < 1.29 is 14.3 Å². The summed E-state index contributed by atoms with van der Waals surface area (Å²) in [5.41, 5.74) is 0. The molecule has 0 aromatic carbocycles. The Balaban J connectivity index is 1.59. The monoisotopic (exact) mass is 268 g/mol. The molecule has 1 fully saturated rings. The van der Waals surface area contributed by atoms with Gasteiger partial charge in [0.2, 0.25) is 5.91 Å². The van der Waals surface area contributed by atoms with E-state index < -0.39 is 0 Å². The molecule has 0 atom stereocenters. The van der Waals surface area contributed by atoms with Gasteiger partial charge in [-0.2, -0.15) is 0 Å². The number of hydrogen-bond acceptors (Lipinski definition) is 4. The van der Waals surface area contributed by atoms with Crippen LogP contribution in [0.3, 0.4) is 0 Å². The zero-order valence-electron chi connectivity index (χ0n) is 10.1. The van der Waals surface area contributed by atoms with Crippen LogP contribution >= 0.6 is 11.3 Å². The standard InChI is InChI=1S/C12H16N2O3S/c15-11(4-6-14-7-8-17-12(14)16)13-5-3-10-2-1-9-18-10/h1-2,9H,3-8H2,(H,13,15). The van der Waals surface area contributed by atoms with Gasteiger partial charge in [0.15, 0.2) is 0 Å². The van der Waals surface area contributed by atoms with E-state index in [0.29, 0.717) is 32.7 Å². The summed E-state index contributed by atoms with van der Waals surface area (Å²) in [6.45, 7) is 2.09. The van der Waals surface area contributed by atoms with Crippen LogP contribution in [0.1, 0.15) is 11.3 Å². The highest BCUT2D eigenvalue weighted by Crippen LogP contribution is 2.08. The number of nitrogens with one attached hydrogen (secondary N) is 1. The van der Waals surface area contributed by atoms with E-state index in [4.69, 9.17) is 4.74 Å². The Hall–Kier alpha value is -1.56. The average molecular weight is 268 g/mol. The minimum Gasteiger partial charge on any atom is -0.448 e. The predicted octanol–water partition coefficient (Wildman–Crippen LogP) is 1.25. The van der Waals surface area contributed by atoms with E-state index in [1.54, 1.807) is 16.2 Å². The van der Waals surface area contributed by atoms with Crippen molar-refractivity contribution in [3.05, 3.63) is 22.4 Å². The summed E-state index contributed by atoms with van der Waals surface area (Å²) < 4.78 is 4.78. The molecule has 0 aliphatic carbocycles. The summed E-state index contributed by atoms with van der Waals surface area (Å²) in [5, 5.41) is 4.87. The molecule has 98 valence electrons. The van der Waals surface area contributed by atoms with E-state index in [2.05, 4.69) is 11.4 Å². The zero-order chi connectivity index (χ0) is 12.8. The number of carbonyl (C=O) groups is 2. The van der Waals surface area contributed by atoms with Crippen molar-refractivity contribution in [1.29, 1.82) is 0 Å². The molecule has 2 amide bonds. The van der Waals surface area contributed by atoms with E-state index in [-0.39, 0.29) is 12.0 Å². The first kappa shape index (κ1) is 12.9. The highest BCUT2D eigenvalue weighted by atomic mass is 32.1. The van der Waals surface area contributed by atoms with Crippen molar-refractivity contribution in [2.75, 3.05) is 26.2 Å². The number of rotatable bonds is 6. The number of carbonyl (C=O) groups excluding carboxylic acids is 2. The first-order valence-electron chi connectivity index (χ1n) is 5.96. The lowest BCUT2D eigenvalue weighted by Crippen LogP contribution is -2.32. The summed E-state index contributed by atoms with van der Waals surface area (Å²) in [6, 6.07) is 4.05. The van der Waals surface area contributed by atoms with E-state index in [1.807, 2.05) is 11.4 Å². The molecule has 5 nitrogen and oxygen atoms in total. The zero-order valence-corrected chi connectivity index (χ0v) is 10.9. The number of cyclic esters (lactones) is 1. The third-order valence-corrected chi connectivity index (χ3v) is 3.66. The maximum atomic E-state index is 11.5. The van der Waals surface area contributed by atoms with Gasteiger partial charge < -0.3 is 15.0 Å². The van der Waals surface area contributed by atoms with Crippen LogP contribution in [0, 0.1) is 0 Å². The normalized spacial score (nSPS) is 14.7. The summed E-state index contributed by atoms with van der Waals surface area (Å²) in [6.07, 6.45) is 0.871. The van der Waals surface area contributed by atoms with Gasteiger partial charge in [-0.3, -0.25) is 4.79 Å². The number of thiophene rings is 1. The van der Waals surface area contributed by atoms with E-state index in [9.17, 15) is 9.59 Å². The van der Waals surface area contributed by atoms with Gasteiger partial charge in [-0.1, -0.05) is 6.07 Å². The van der Waals surface area contributed by atoms with Crippen LogP contribution in [0.25, 0.3) is 0 Å². The largest absolute Gasteiger partial charge is 0.448 e. The molecule has 0 radical (unpaired) electrons. The van der Waals surface area contributed by atoms with Gasteiger partial charge in [-0.05, 0) is 17.9 Å². The first-order valence-corrected chi connectivity index (χ1v) is 6.84. The molecule has 1 aliphatic heterocycles. The fourth-order valence-electron chi connectivity index (χ4n) is 1.73. The van der Waals surface area contributed by atoms with E-state index in [0.717, 1.165) is 6.42 Å². The number of ether oxygens (including phenoxy) is 1. The minimum atomic E-state index is -0.318. The smallest absolute Gasteiger partial charge is 0.409 e. The van der Waals surface area contributed by atoms with Gasteiger partial charge in [0.25, 0.3) is 0 Å². The molecule has 0 spiro atoms. The van der Waals surface area contributed by atoms with Crippen molar-refractivity contribution in [2.24, 2.45) is 0 Å². The van der Waals surface area contributed by atoms with Crippen LogP contribution in [0.4, 0.5) is 4.79 Å². The molecule has 0 unspecified atom stereocenters. The van der Waals surface area contributed by atoms with E-state index >= 15 is 0 Å². The van der Waals surface area contributed by atoms with Crippen LogP contribution < -0.4 is 5.32 Å². The molecule has 1 aliphatic rings. The molecule has 1 aromatic heterocycles. The van der Waals surface area contributed by atoms with Gasteiger partial charge in [0.05, 0.1) is 6.54 Å². The number of amides is 2. The second kappa shape index (κ2) is 6.39. The number of nitrogens with zero attached hydrogens (tertiary/aromatic N) is 1. The number of hydrogen-bond donors (Lipinski definition) is 1. The Kier molecular flexibility index (Phi) is 4.58. The van der Waals surface area contributed by atoms with Crippen LogP contribution in [0.15, 0.2) is 17.5 Å². The molecule has 0 bridgehead atoms. The van der Waals surface area contributed by atoms with Crippen LogP contribution in [-0.2, 0) is 16.0 Å². The summed E-state index contributed by atoms with van der Waals surface area (Å²) in [7, 11) is 0. The Morgan fingerprint density at radius 1 is 1.56 bits per heavy atom. The van der Waals surface area contributed by atoms with Crippen LogP contribution in [0.5, 0.6) is 0 Å². The van der Waals surface area contributed by atoms with Crippen molar-refractivity contribution in [3.8, 4) is 0 Å². The second-order valence-electron chi connectivity index (χ2n) is 4.03. The summed E-state index contributed by atoms with van der Waals surface area (Å²) >= 11 is 1.69. The molecule has 1 saturated heterocycles. The van der Waals surface area contributed by atoms with E-state index in [1.165, 1.54) is 4.88 Å². The molecule has 1 aromatic rings. The van der Waals surface area contributed by atoms with Gasteiger partial charge in [0, 0.05) is 24.4 Å². The lowest BCUT2D eigenvalue weighted by atomic mass is 10.3. The summed E-state index contributed by atoms with van der Waals surface area (Å²) in [5.74, 6) is -0.0220. The van der Waals surface area contributed by atoms with Crippen molar-refractivity contribution >= 4 is 23.3 Å². The van der Waals surface area contributed by atoms with Crippen molar-refractivity contribution in [1.82, 2.24) is 10.2 Å². The fourth-order valence-corrected chi connectivity index (χ4v) is 2.44.